The highest BCUT2D eigenvalue weighted by atomic mass is 32.2. The van der Waals surface area contributed by atoms with Gasteiger partial charge in [0.1, 0.15) is 0 Å². The third-order valence-electron chi connectivity index (χ3n) is 3.25. The molecule has 96 valence electrons. The molecule has 1 N–H and O–H groups in total. The second-order valence-electron chi connectivity index (χ2n) is 4.66. The molecule has 0 radical (unpaired) electrons. The zero-order valence-corrected chi connectivity index (χ0v) is 11.3. The van der Waals surface area contributed by atoms with E-state index < -0.39 is 0 Å². The molecule has 0 aliphatic carbocycles. The first-order chi connectivity index (χ1) is 8.72. The Balaban J connectivity index is 1.75. The molecule has 1 aromatic rings. The topological polar surface area (TPSA) is 42.8 Å². The van der Waals surface area contributed by atoms with Gasteiger partial charge in [-0.15, -0.1) is 0 Å². The maximum absolute atomic E-state index is 5.36. The predicted molar refractivity (Wildman–Crippen MR) is 74.7 cm³/mol. The van der Waals surface area contributed by atoms with Gasteiger partial charge in [-0.1, -0.05) is 18.7 Å². The van der Waals surface area contributed by atoms with Crippen molar-refractivity contribution < 1.29 is 9.47 Å². The van der Waals surface area contributed by atoms with E-state index in [4.69, 9.17) is 9.47 Å². The second kappa shape index (κ2) is 4.72. The van der Waals surface area contributed by atoms with E-state index in [1.54, 1.807) is 11.8 Å². The van der Waals surface area contributed by atoms with Crippen LogP contribution in [-0.2, 0) is 0 Å². The first-order valence-corrected chi connectivity index (χ1v) is 7.08. The van der Waals surface area contributed by atoms with E-state index >= 15 is 0 Å². The SMILES string of the molecule is CC1CSC(Nc2ccc3c(c2)OCO3)=NC1C. The molecule has 2 heterocycles. The molecule has 3 rings (SSSR count). The molecule has 2 aliphatic heterocycles. The third kappa shape index (κ3) is 2.27. The van der Waals surface area contributed by atoms with Crippen LogP contribution in [0.2, 0.25) is 0 Å². The number of hydrogen-bond donors (Lipinski definition) is 1. The van der Waals surface area contributed by atoms with E-state index in [9.17, 15) is 0 Å². The van der Waals surface area contributed by atoms with Crippen molar-refractivity contribution >= 4 is 22.6 Å². The summed E-state index contributed by atoms with van der Waals surface area (Å²) in [6, 6.07) is 6.24. The minimum absolute atomic E-state index is 0.309. The Morgan fingerprint density at radius 2 is 2.11 bits per heavy atom. The molecule has 2 aliphatic rings. The normalized spacial score (nSPS) is 25.8. The maximum Gasteiger partial charge on any atom is 0.231 e. The molecule has 0 fully saturated rings. The summed E-state index contributed by atoms with van der Waals surface area (Å²) >= 11 is 1.77. The average Bonchev–Trinajstić information content (AvgIpc) is 2.81. The summed E-state index contributed by atoms with van der Waals surface area (Å²) in [4.78, 5) is 4.65. The molecule has 5 heteroatoms. The van der Waals surface area contributed by atoms with E-state index in [2.05, 4.69) is 24.2 Å². The van der Waals surface area contributed by atoms with E-state index in [0.29, 0.717) is 18.8 Å². The fraction of sp³-hybridized carbons (Fsp3) is 0.462. The Labute approximate surface area is 111 Å². The monoisotopic (exact) mass is 264 g/mol. The molecule has 0 amide bonds. The van der Waals surface area contributed by atoms with E-state index in [1.807, 2.05) is 18.2 Å². The Kier molecular flexibility index (Phi) is 3.07. The zero-order chi connectivity index (χ0) is 12.5. The Morgan fingerprint density at radius 3 is 2.94 bits per heavy atom. The van der Waals surface area contributed by atoms with Crippen LogP contribution in [0.25, 0.3) is 0 Å². The third-order valence-corrected chi connectivity index (χ3v) is 4.42. The summed E-state index contributed by atoms with van der Waals surface area (Å²) in [6.07, 6.45) is 0. The zero-order valence-electron chi connectivity index (χ0n) is 10.5. The second-order valence-corrected chi connectivity index (χ2v) is 5.66. The number of amidine groups is 1. The molecule has 0 aromatic heterocycles. The van der Waals surface area contributed by atoms with Gasteiger partial charge >= 0.3 is 0 Å². The molecular weight excluding hydrogens is 248 g/mol. The van der Waals surface area contributed by atoms with Gasteiger partial charge in [0.25, 0.3) is 0 Å². The van der Waals surface area contributed by atoms with Gasteiger partial charge in [-0.2, -0.15) is 0 Å². The highest BCUT2D eigenvalue weighted by Crippen LogP contribution is 2.34. The van der Waals surface area contributed by atoms with Crippen LogP contribution < -0.4 is 14.8 Å². The van der Waals surface area contributed by atoms with Crippen molar-refractivity contribution in [1.29, 1.82) is 0 Å². The number of anilines is 1. The van der Waals surface area contributed by atoms with Gasteiger partial charge in [0.2, 0.25) is 6.79 Å². The van der Waals surface area contributed by atoms with Crippen molar-refractivity contribution in [1.82, 2.24) is 0 Å². The van der Waals surface area contributed by atoms with Gasteiger partial charge in [-0.3, -0.25) is 4.99 Å². The lowest BCUT2D eigenvalue weighted by atomic mass is 10.1. The summed E-state index contributed by atoms with van der Waals surface area (Å²) < 4.78 is 10.6. The van der Waals surface area contributed by atoms with Crippen molar-refractivity contribution in [3.8, 4) is 11.5 Å². The number of nitrogens with one attached hydrogen (secondary N) is 1. The van der Waals surface area contributed by atoms with Crippen LogP contribution in [0.1, 0.15) is 13.8 Å². The molecule has 18 heavy (non-hydrogen) atoms. The Bertz CT molecular complexity index is 490. The Hall–Kier alpha value is -1.36. The van der Waals surface area contributed by atoms with Gasteiger partial charge < -0.3 is 14.8 Å². The molecular formula is C13H16N2O2S. The molecule has 2 atom stereocenters. The van der Waals surface area contributed by atoms with Crippen LogP contribution in [-0.4, -0.2) is 23.8 Å². The highest BCUT2D eigenvalue weighted by molar-refractivity contribution is 8.14. The molecule has 0 bridgehead atoms. The van der Waals surface area contributed by atoms with E-state index in [1.165, 1.54) is 0 Å². The first-order valence-electron chi connectivity index (χ1n) is 6.09. The summed E-state index contributed by atoms with van der Waals surface area (Å²) in [5.74, 6) is 3.35. The summed E-state index contributed by atoms with van der Waals surface area (Å²) in [5.41, 5.74) is 0.993. The number of nitrogens with zero attached hydrogens (tertiary/aromatic N) is 1. The van der Waals surface area contributed by atoms with Crippen molar-refractivity contribution in [2.24, 2.45) is 10.9 Å². The van der Waals surface area contributed by atoms with Crippen LogP contribution in [0.15, 0.2) is 23.2 Å². The number of fused-ring (bicyclic) bond motifs is 1. The van der Waals surface area contributed by atoms with Crippen LogP contribution in [0.4, 0.5) is 5.69 Å². The number of aliphatic imine (C=N–C) groups is 1. The minimum atomic E-state index is 0.309. The standard InChI is InChI=1S/C13H16N2O2S/c1-8-6-18-13(14-9(8)2)15-10-3-4-11-12(5-10)17-7-16-11/h3-5,8-9H,6-7H2,1-2H3,(H,14,15). The summed E-state index contributed by atoms with van der Waals surface area (Å²) in [5, 5.41) is 4.32. The largest absolute Gasteiger partial charge is 0.454 e. The summed E-state index contributed by atoms with van der Waals surface area (Å²) in [6.45, 7) is 4.70. The van der Waals surface area contributed by atoms with Gasteiger partial charge in [0.05, 0.1) is 6.04 Å². The molecule has 0 saturated carbocycles. The van der Waals surface area contributed by atoms with Crippen LogP contribution in [0, 0.1) is 5.92 Å². The van der Waals surface area contributed by atoms with Gasteiger partial charge in [0.15, 0.2) is 16.7 Å². The Morgan fingerprint density at radius 1 is 1.28 bits per heavy atom. The van der Waals surface area contributed by atoms with Gasteiger partial charge in [-0.05, 0) is 25.0 Å². The molecule has 0 spiro atoms. The number of hydrogen-bond acceptors (Lipinski definition) is 5. The van der Waals surface area contributed by atoms with E-state index in [-0.39, 0.29) is 0 Å². The predicted octanol–water partition coefficient (Wildman–Crippen LogP) is 2.95. The fourth-order valence-electron chi connectivity index (χ4n) is 1.87. The molecule has 2 unspecified atom stereocenters. The van der Waals surface area contributed by atoms with Gasteiger partial charge in [0, 0.05) is 17.5 Å². The maximum atomic E-state index is 5.36. The first kappa shape index (κ1) is 11.7. The van der Waals surface area contributed by atoms with Crippen LogP contribution in [0.3, 0.4) is 0 Å². The van der Waals surface area contributed by atoms with Crippen molar-refractivity contribution in [3.63, 3.8) is 0 Å². The average molecular weight is 264 g/mol. The quantitative estimate of drug-likeness (QED) is 0.847. The lowest BCUT2D eigenvalue weighted by Gasteiger charge is -2.23. The van der Waals surface area contributed by atoms with E-state index in [0.717, 1.165) is 28.1 Å². The number of rotatable bonds is 1. The number of thioether (sulfide) groups is 1. The lowest BCUT2D eigenvalue weighted by molar-refractivity contribution is 0.174. The fourth-order valence-corrected chi connectivity index (χ4v) is 3.00. The van der Waals surface area contributed by atoms with Gasteiger partial charge in [-0.25, -0.2) is 0 Å². The smallest absolute Gasteiger partial charge is 0.231 e. The lowest BCUT2D eigenvalue weighted by Crippen LogP contribution is -2.25. The number of ether oxygens (including phenoxy) is 2. The molecule has 0 saturated heterocycles. The van der Waals surface area contributed by atoms with Crippen molar-refractivity contribution in [2.75, 3.05) is 17.9 Å². The van der Waals surface area contributed by atoms with Crippen molar-refractivity contribution in [2.45, 2.75) is 19.9 Å². The summed E-state index contributed by atoms with van der Waals surface area (Å²) in [7, 11) is 0. The minimum Gasteiger partial charge on any atom is -0.454 e. The van der Waals surface area contributed by atoms with Crippen molar-refractivity contribution in [3.05, 3.63) is 18.2 Å². The highest BCUT2D eigenvalue weighted by Gasteiger charge is 2.20. The number of benzene rings is 1. The molecule has 4 nitrogen and oxygen atoms in total. The van der Waals surface area contributed by atoms with Crippen LogP contribution in [0.5, 0.6) is 11.5 Å². The molecule has 1 aromatic carbocycles. The van der Waals surface area contributed by atoms with Crippen LogP contribution >= 0.6 is 11.8 Å².